The van der Waals surface area contributed by atoms with E-state index in [0.717, 1.165) is 18.9 Å². The fourth-order valence-corrected chi connectivity index (χ4v) is 3.62. The molecule has 0 atom stereocenters. The van der Waals surface area contributed by atoms with Gasteiger partial charge < -0.3 is 9.84 Å². The van der Waals surface area contributed by atoms with Gasteiger partial charge in [0.15, 0.2) is 0 Å². The minimum atomic E-state index is -2.56. The molecule has 0 heterocycles. The van der Waals surface area contributed by atoms with Gasteiger partial charge in [0.25, 0.3) is 0 Å². The number of carbonyl (C=O) groups is 2. The summed E-state index contributed by atoms with van der Waals surface area (Å²) in [6.45, 7) is 0. The number of hydrogen-bond donors (Lipinski definition) is 1. The van der Waals surface area contributed by atoms with Crippen LogP contribution in [0.15, 0.2) is 30.3 Å². The lowest BCUT2D eigenvalue weighted by atomic mass is 10.2. The normalized spacial score (nSPS) is 11.6. The quantitative estimate of drug-likeness (QED) is 0.161. The summed E-state index contributed by atoms with van der Waals surface area (Å²) in [6, 6.07) is 4.63. The van der Waals surface area contributed by atoms with Gasteiger partial charge in [-0.25, -0.2) is 4.79 Å². The van der Waals surface area contributed by atoms with Crippen molar-refractivity contribution in [2.24, 2.45) is 0 Å². The van der Waals surface area contributed by atoms with Gasteiger partial charge in [-0.05, 0) is 36.2 Å². The predicted molar refractivity (Wildman–Crippen MR) is 95.3 cm³/mol. The summed E-state index contributed by atoms with van der Waals surface area (Å²) in [5, 5.41) is 8.54. The Kier molecular flexibility index (Phi) is 8.69. The third kappa shape index (κ3) is 10.4. The van der Waals surface area contributed by atoms with Crippen molar-refractivity contribution in [1.29, 1.82) is 0 Å². The SMILES string of the molecule is O=C(O)C=Cc1ccc(OC(=O)CCCCC[Si](Cl)(Cl)Cl)cc1. The van der Waals surface area contributed by atoms with Crippen LogP contribution < -0.4 is 4.74 Å². The number of benzene rings is 1. The lowest BCUT2D eigenvalue weighted by Gasteiger charge is -2.07. The fourth-order valence-electron chi connectivity index (χ4n) is 1.77. The van der Waals surface area contributed by atoms with E-state index in [9.17, 15) is 9.59 Å². The van der Waals surface area contributed by atoms with Gasteiger partial charge in [-0.1, -0.05) is 25.0 Å². The van der Waals surface area contributed by atoms with Crippen LogP contribution in [0, 0.1) is 0 Å². The third-order valence-electron chi connectivity index (χ3n) is 2.87. The lowest BCUT2D eigenvalue weighted by molar-refractivity contribution is -0.134. The highest BCUT2D eigenvalue weighted by molar-refractivity contribution is 7.64. The second-order valence-electron chi connectivity index (χ2n) is 4.89. The first-order valence-electron chi connectivity index (χ1n) is 7.05. The van der Waals surface area contributed by atoms with E-state index in [1.807, 2.05) is 0 Å². The van der Waals surface area contributed by atoms with Crippen LogP contribution in [-0.4, -0.2) is 23.0 Å². The van der Waals surface area contributed by atoms with Crippen molar-refractivity contribution in [2.45, 2.75) is 31.7 Å². The molecule has 0 amide bonds. The summed E-state index contributed by atoms with van der Waals surface area (Å²) in [5.41, 5.74) is 0.711. The van der Waals surface area contributed by atoms with Gasteiger partial charge >= 0.3 is 17.9 Å². The molecule has 0 fully saturated rings. The van der Waals surface area contributed by atoms with Gasteiger partial charge in [0, 0.05) is 12.5 Å². The van der Waals surface area contributed by atoms with Crippen molar-refractivity contribution < 1.29 is 19.4 Å². The van der Waals surface area contributed by atoms with E-state index in [2.05, 4.69) is 0 Å². The number of rotatable bonds is 9. The Morgan fingerprint density at radius 2 is 1.74 bits per heavy atom. The first-order valence-corrected chi connectivity index (χ1v) is 12.3. The standard InChI is InChI=1S/C15H17Cl3O4Si/c16-23(17,18)11-3-1-2-4-15(21)22-13-8-5-12(6-9-13)7-10-14(19)20/h5-10H,1-4,11H2,(H,19,20). The molecule has 1 N–H and O–H groups in total. The Hall–Kier alpha value is -1.01. The highest BCUT2D eigenvalue weighted by Gasteiger charge is 2.23. The topological polar surface area (TPSA) is 63.6 Å². The molecule has 0 aliphatic rings. The number of carbonyl (C=O) groups excluding carboxylic acids is 1. The van der Waals surface area contributed by atoms with Crippen molar-refractivity contribution >= 4 is 57.3 Å². The average Bonchev–Trinajstić information content (AvgIpc) is 2.45. The molecule has 1 aromatic rings. The number of unbranched alkanes of at least 4 members (excludes halogenated alkanes) is 2. The Morgan fingerprint density at radius 3 is 2.30 bits per heavy atom. The van der Waals surface area contributed by atoms with E-state index in [1.165, 1.54) is 6.08 Å². The summed E-state index contributed by atoms with van der Waals surface area (Å²) >= 11 is 17.3. The van der Waals surface area contributed by atoms with E-state index in [1.54, 1.807) is 24.3 Å². The Balaban J connectivity index is 2.30. The van der Waals surface area contributed by atoms with Crippen molar-refractivity contribution in [1.82, 2.24) is 0 Å². The van der Waals surface area contributed by atoms with Crippen molar-refractivity contribution in [2.75, 3.05) is 0 Å². The van der Waals surface area contributed by atoms with Gasteiger partial charge in [-0.15, -0.1) is 33.2 Å². The second kappa shape index (κ2) is 9.98. The smallest absolute Gasteiger partial charge is 0.341 e. The molecule has 0 saturated carbocycles. The number of esters is 1. The molecule has 0 aliphatic carbocycles. The summed E-state index contributed by atoms with van der Waals surface area (Å²) in [6.07, 6.45) is 5.11. The van der Waals surface area contributed by atoms with Crippen LogP contribution in [0.5, 0.6) is 5.75 Å². The zero-order valence-corrected chi connectivity index (χ0v) is 15.6. The molecule has 126 valence electrons. The van der Waals surface area contributed by atoms with Crippen molar-refractivity contribution in [3.63, 3.8) is 0 Å². The van der Waals surface area contributed by atoms with E-state index in [0.29, 0.717) is 30.2 Å². The number of carboxylic acids is 1. The van der Waals surface area contributed by atoms with E-state index in [4.69, 9.17) is 43.1 Å². The molecule has 0 aromatic heterocycles. The maximum atomic E-state index is 11.7. The molecule has 0 bridgehead atoms. The molecule has 0 spiro atoms. The lowest BCUT2D eigenvalue weighted by Crippen LogP contribution is -2.09. The fraction of sp³-hybridized carbons (Fsp3) is 0.333. The minimum absolute atomic E-state index is 0.308. The van der Waals surface area contributed by atoms with Crippen LogP contribution in [0.4, 0.5) is 0 Å². The predicted octanol–water partition coefficient (Wildman–Crippen LogP) is 4.91. The van der Waals surface area contributed by atoms with Gasteiger partial charge in [0.05, 0.1) is 0 Å². The van der Waals surface area contributed by atoms with Crippen LogP contribution in [0.3, 0.4) is 0 Å². The van der Waals surface area contributed by atoms with Crippen molar-refractivity contribution in [3.8, 4) is 5.75 Å². The molecule has 0 saturated heterocycles. The van der Waals surface area contributed by atoms with E-state index < -0.39 is 12.0 Å². The first kappa shape index (κ1) is 20.0. The number of aliphatic carboxylic acids is 1. The Labute approximate surface area is 150 Å². The molecule has 0 radical (unpaired) electrons. The van der Waals surface area contributed by atoms with Crippen LogP contribution >= 0.6 is 33.2 Å². The molecule has 1 rings (SSSR count). The molecule has 4 nitrogen and oxygen atoms in total. The number of ether oxygens (including phenoxy) is 1. The van der Waals surface area contributed by atoms with Crippen LogP contribution in [-0.2, 0) is 9.59 Å². The number of halogens is 3. The van der Waals surface area contributed by atoms with E-state index in [-0.39, 0.29) is 5.97 Å². The van der Waals surface area contributed by atoms with Crippen LogP contribution in [0.25, 0.3) is 6.08 Å². The molecule has 0 aliphatic heterocycles. The zero-order chi connectivity index (χ0) is 17.3. The number of hydrogen-bond acceptors (Lipinski definition) is 3. The monoisotopic (exact) mass is 394 g/mol. The molecule has 8 heteroatoms. The summed E-state index contributed by atoms with van der Waals surface area (Å²) < 4.78 is 5.19. The number of carboxylic acid groups (broad SMARTS) is 1. The second-order valence-corrected chi connectivity index (χ2v) is 14.2. The maximum absolute atomic E-state index is 11.7. The Bertz CT molecular complexity index is 553. The molecular formula is C15H17Cl3O4Si. The Morgan fingerprint density at radius 1 is 1.09 bits per heavy atom. The summed E-state index contributed by atoms with van der Waals surface area (Å²) in [7, 11) is 0. The molecular weight excluding hydrogens is 379 g/mol. The van der Waals surface area contributed by atoms with Gasteiger partial charge in [-0.2, -0.15) is 0 Å². The maximum Gasteiger partial charge on any atom is 0.341 e. The van der Waals surface area contributed by atoms with Crippen LogP contribution in [0.1, 0.15) is 31.2 Å². The van der Waals surface area contributed by atoms with Gasteiger partial charge in [0.1, 0.15) is 5.75 Å². The van der Waals surface area contributed by atoms with Crippen molar-refractivity contribution in [3.05, 3.63) is 35.9 Å². The summed E-state index contributed by atoms with van der Waals surface area (Å²) in [4.78, 5) is 22.1. The first-order chi connectivity index (χ1) is 10.8. The van der Waals surface area contributed by atoms with E-state index >= 15 is 0 Å². The zero-order valence-electron chi connectivity index (χ0n) is 12.3. The molecule has 23 heavy (non-hydrogen) atoms. The third-order valence-corrected chi connectivity index (χ3v) is 5.49. The van der Waals surface area contributed by atoms with Gasteiger partial charge in [0.2, 0.25) is 0 Å². The highest BCUT2D eigenvalue weighted by Crippen LogP contribution is 2.27. The molecule has 0 unspecified atom stereocenters. The van der Waals surface area contributed by atoms with Crippen LogP contribution in [0.2, 0.25) is 6.04 Å². The van der Waals surface area contributed by atoms with Gasteiger partial charge in [-0.3, -0.25) is 4.79 Å². The molecule has 1 aromatic carbocycles. The minimum Gasteiger partial charge on any atom is -0.478 e. The largest absolute Gasteiger partial charge is 0.478 e. The highest BCUT2D eigenvalue weighted by atomic mass is 35.8. The summed E-state index contributed by atoms with van der Waals surface area (Å²) in [5.74, 6) is -0.904. The average molecular weight is 396 g/mol.